The van der Waals surface area contributed by atoms with Crippen molar-refractivity contribution in [2.75, 3.05) is 13.2 Å². The Bertz CT molecular complexity index is 829. The molecule has 0 aromatic rings. The summed E-state index contributed by atoms with van der Waals surface area (Å²) in [4.78, 5) is 12.6. The lowest BCUT2D eigenvalue weighted by molar-refractivity contribution is -0.303. The van der Waals surface area contributed by atoms with Crippen LogP contribution < -0.4 is 5.32 Å². The summed E-state index contributed by atoms with van der Waals surface area (Å²) in [5, 5.41) is 62.9. The van der Waals surface area contributed by atoms with E-state index in [1.807, 2.05) is 0 Å². The van der Waals surface area contributed by atoms with Crippen LogP contribution in [0.15, 0.2) is 0 Å². The number of rotatable bonds is 25. The predicted molar refractivity (Wildman–Crippen MR) is 168 cm³/mol. The molecule has 1 amide bonds. The number of carbonyl (C=O) groups is 1. The third-order valence-electron chi connectivity index (χ3n) is 10.3. The molecule has 4 aliphatic rings. The minimum atomic E-state index is -1.60. The molecular formula is C34H62FNO9. The van der Waals surface area contributed by atoms with E-state index in [4.69, 9.17) is 9.47 Å². The molecule has 5 unspecified atom stereocenters. The molecule has 264 valence electrons. The standard InChI is InChI=1S/C34H62FNO9/c1-2-25(38)28(40)24(20-44-32-31(43)30(42)29(41)26(19-37)45-32)36-27(39)17-15-13-11-9-7-5-3-4-6-8-10-12-14-16-18-33-21-34(35,22-33)23-33/h24-26,28-32,37-38,40-43H,2-23H2,1H3,(H,36,39)/t24-,25+,26?,28-,29?,30?,31?,32?,33?,34?/m0/s1. The van der Waals surface area contributed by atoms with Crippen molar-refractivity contribution in [2.45, 2.75) is 190 Å². The molecule has 2 bridgehead atoms. The van der Waals surface area contributed by atoms with Crippen molar-refractivity contribution >= 4 is 5.91 Å². The summed E-state index contributed by atoms with van der Waals surface area (Å²) in [5.41, 5.74) is -0.336. The minimum Gasteiger partial charge on any atom is -0.394 e. The van der Waals surface area contributed by atoms with Gasteiger partial charge in [0.25, 0.3) is 0 Å². The minimum absolute atomic E-state index is 0.249. The van der Waals surface area contributed by atoms with E-state index in [9.17, 15) is 39.8 Å². The fourth-order valence-electron chi connectivity index (χ4n) is 7.45. The Morgan fingerprint density at radius 2 is 1.36 bits per heavy atom. The van der Waals surface area contributed by atoms with Gasteiger partial charge in [0.15, 0.2) is 6.29 Å². The molecule has 0 aromatic heterocycles. The Labute approximate surface area is 269 Å². The second kappa shape index (κ2) is 19.2. The smallest absolute Gasteiger partial charge is 0.220 e. The first kappa shape index (κ1) is 38.5. The summed E-state index contributed by atoms with van der Waals surface area (Å²) in [6.07, 6.45) is 11.2. The quantitative estimate of drug-likeness (QED) is 0.0733. The van der Waals surface area contributed by atoms with Crippen LogP contribution in [-0.4, -0.2) is 104 Å². The zero-order chi connectivity index (χ0) is 32.9. The fourth-order valence-corrected chi connectivity index (χ4v) is 7.45. The number of halogens is 1. The van der Waals surface area contributed by atoms with Crippen LogP contribution in [0.2, 0.25) is 0 Å². The maximum Gasteiger partial charge on any atom is 0.220 e. The number of hydrogen-bond acceptors (Lipinski definition) is 9. The molecule has 3 saturated carbocycles. The average Bonchev–Trinajstić information content (AvgIpc) is 3.00. The van der Waals surface area contributed by atoms with Gasteiger partial charge in [-0.3, -0.25) is 4.79 Å². The zero-order valence-electron chi connectivity index (χ0n) is 27.5. The van der Waals surface area contributed by atoms with Crippen molar-refractivity contribution in [1.29, 1.82) is 0 Å². The summed E-state index contributed by atoms with van der Waals surface area (Å²) in [5.74, 6) is -0.288. The van der Waals surface area contributed by atoms with Gasteiger partial charge in [-0.25, -0.2) is 4.39 Å². The van der Waals surface area contributed by atoms with Crippen molar-refractivity contribution in [3.05, 3.63) is 0 Å². The largest absolute Gasteiger partial charge is 0.394 e. The third kappa shape index (κ3) is 11.9. The first-order chi connectivity index (χ1) is 21.5. The Balaban J connectivity index is 1.17. The van der Waals surface area contributed by atoms with Crippen molar-refractivity contribution < 1.29 is 49.3 Å². The highest BCUT2D eigenvalue weighted by molar-refractivity contribution is 5.76. The average molecular weight is 648 g/mol. The van der Waals surface area contributed by atoms with Crippen LogP contribution in [0.25, 0.3) is 0 Å². The van der Waals surface area contributed by atoms with Gasteiger partial charge in [-0.1, -0.05) is 90.4 Å². The highest BCUT2D eigenvalue weighted by atomic mass is 19.1. The van der Waals surface area contributed by atoms with Crippen LogP contribution in [0.3, 0.4) is 0 Å². The van der Waals surface area contributed by atoms with Crippen LogP contribution in [-0.2, 0) is 14.3 Å². The molecule has 1 saturated heterocycles. The fraction of sp³-hybridized carbons (Fsp3) is 0.971. The maximum atomic E-state index is 13.6. The Morgan fingerprint density at radius 1 is 0.844 bits per heavy atom. The summed E-state index contributed by atoms with van der Waals surface area (Å²) in [6, 6.07) is -0.992. The van der Waals surface area contributed by atoms with Crippen LogP contribution in [0.5, 0.6) is 0 Å². The maximum absolute atomic E-state index is 13.6. The molecule has 45 heavy (non-hydrogen) atoms. The summed E-state index contributed by atoms with van der Waals surface area (Å²) < 4.78 is 24.4. The van der Waals surface area contributed by atoms with E-state index in [0.717, 1.165) is 38.5 Å². The Kier molecular flexibility index (Phi) is 16.4. The number of nitrogens with one attached hydrogen (secondary N) is 1. The van der Waals surface area contributed by atoms with Gasteiger partial charge < -0.3 is 45.4 Å². The van der Waals surface area contributed by atoms with Gasteiger partial charge >= 0.3 is 0 Å². The molecule has 8 atom stereocenters. The van der Waals surface area contributed by atoms with Crippen LogP contribution in [0.1, 0.15) is 135 Å². The SMILES string of the molecule is CC[C@@H](O)[C@@H](O)[C@H](COC1OC(CO)C(O)C(O)C1O)NC(=O)CCCCCCCCCCCCCCCCC12CC(F)(C1)C2. The van der Waals surface area contributed by atoms with Gasteiger partial charge in [0.05, 0.1) is 25.4 Å². The molecule has 4 rings (SSSR count). The molecular weight excluding hydrogens is 585 g/mol. The van der Waals surface area contributed by atoms with Gasteiger partial charge in [-0.05, 0) is 43.9 Å². The predicted octanol–water partition coefficient (Wildman–Crippen LogP) is 3.55. The Hall–Kier alpha value is -0.920. The first-order valence-electron chi connectivity index (χ1n) is 17.8. The second-order valence-corrected chi connectivity index (χ2v) is 14.3. The molecule has 1 aliphatic heterocycles. The topological polar surface area (TPSA) is 169 Å². The summed E-state index contributed by atoms with van der Waals surface area (Å²) in [7, 11) is 0. The van der Waals surface area contributed by atoms with Crippen molar-refractivity contribution in [3.63, 3.8) is 0 Å². The van der Waals surface area contributed by atoms with Gasteiger partial charge in [-0.15, -0.1) is 0 Å². The van der Waals surface area contributed by atoms with E-state index in [1.165, 1.54) is 70.6 Å². The van der Waals surface area contributed by atoms with E-state index >= 15 is 0 Å². The van der Waals surface area contributed by atoms with Crippen LogP contribution in [0, 0.1) is 5.41 Å². The second-order valence-electron chi connectivity index (χ2n) is 14.3. The van der Waals surface area contributed by atoms with Crippen molar-refractivity contribution in [2.24, 2.45) is 5.41 Å². The number of amides is 1. The van der Waals surface area contributed by atoms with Crippen LogP contribution >= 0.6 is 0 Å². The van der Waals surface area contributed by atoms with E-state index in [1.54, 1.807) is 6.92 Å². The summed E-state index contributed by atoms with van der Waals surface area (Å²) in [6.45, 7) is 0.767. The number of unbranched alkanes of at least 4 members (excludes halogenated alkanes) is 13. The van der Waals surface area contributed by atoms with Gasteiger partial charge in [0.2, 0.25) is 5.91 Å². The van der Waals surface area contributed by atoms with Gasteiger partial charge in [0, 0.05) is 6.42 Å². The zero-order valence-corrected chi connectivity index (χ0v) is 27.5. The normalized spacial score (nSPS) is 32.8. The van der Waals surface area contributed by atoms with Gasteiger partial charge in [-0.2, -0.15) is 0 Å². The Morgan fingerprint density at radius 3 is 1.84 bits per heavy atom. The lowest BCUT2D eigenvalue weighted by Gasteiger charge is -2.66. The van der Waals surface area contributed by atoms with Crippen molar-refractivity contribution in [3.8, 4) is 0 Å². The van der Waals surface area contributed by atoms with Crippen molar-refractivity contribution in [1.82, 2.24) is 5.32 Å². The number of ether oxygens (including phenoxy) is 2. The highest BCUT2D eigenvalue weighted by Gasteiger charge is 2.68. The van der Waals surface area contributed by atoms with Gasteiger partial charge in [0.1, 0.15) is 36.2 Å². The molecule has 0 radical (unpaired) electrons. The molecule has 3 aliphatic carbocycles. The molecule has 11 heteroatoms. The number of hydrogen-bond donors (Lipinski definition) is 7. The molecule has 1 heterocycles. The lowest BCUT2D eigenvalue weighted by Crippen LogP contribution is -2.64. The summed E-state index contributed by atoms with van der Waals surface area (Å²) >= 11 is 0. The molecule has 0 aromatic carbocycles. The third-order valence-corrected chi connectivity index (χ3v) is 10.3. The monoisotopic (exact) mass is 647 g/mol. The highest BCUT2D eigenvalue weighted by Crippen LogP contribution is 2.71. The first-order valence-corrected chi connectivity index (χ1v) is 17.8. The number of aliphatic hydroxyl groups excluding tert-OH is 6. The molecule has 7 N–H and O–H groups in total. The number of carbonyl (C=O) groups excluding carboxylic acids is 1. The van der Waals surface area contributed by atoms with E-state index < -0.39 is 61.2 Å². The van der Waals surface area contributed by atoms with Crippen LogP contribution in [0.4, 0.5) is 4.39 Å². The molecule has 0 spiro atoms. The van der Waals surface area contributed by atoms with E-state index in [-0.39, 0.29) is 25.4 Å². The van der Waals surface area contributed by atoms with E-state index in [0.29, 0.717) is 11.8 Å². The molecule has 4 fully saturated rings. The molecule has 10 nitrogen and oxygen atoms in total. The number of aliphatic hydroxyl groups is 6. The lowest BCUT2D eigenvalue weighted by atomic mass is 9.41. The van der Waals surface area contributed by atoms with E-state index in [2.05, 4.69) is 5.32 Å². The number of alkyl halides is 1.